The standard InChI is InChI=1S/C20H27N3O2/c1-13-3-2-4-17(5-13)22-20(25)21-11-19(24)23-12-16-7-14-6-15(8-16)10-18(23)9-14/h2-5,14-16,18H,6-12H2,1H3,(H2,21,22,25). The van der Waals surface area contributed by atoms with Crippen molar-refractivity contribution in [3.63, 3.8) is 0 Å². The normalized spacial score (nSPS) is 30.0. The first-order valence-corrected chi connectivity index (χ1v) is 9.48. The fraction of sp³-hybridized carbons (Fsp3) is 0.600. The highest BCUT2D eigenvalue weighted by Gasteiger charge is 2.43. The fourth-order valence-electron chi connectivity index (χ4n) is 5.25. The minimum absolute atomic E-state index is 0.0672. The Hall–Kier alpha value is -2.04. The highest BCUT2D eigenvalue weighted by molar-refractivity contribution is 5.92. The first kappa shape index (κ1) is 16.4. The van der Waals surface area contributed by atoms with Crippen LogP contribution in [-0.2, 0) is 4.79 Å². The number of hydrogen-bond acceptors (Lipinski definition) is 2. The molecule has 0 aromatic heterocycles. The zero-order valence-corrected chi connectivity index (χ0v) is 14.8. The molecule has 3 amide bonds. The maximum atomic E-state index is 12.7. The minimum atomic E-state index is -0.320. The largest absolute Gasteiger partial charge is 0.338 e. The third-order valence-electron chi connectivity index (χ3n) is 6.10. The average molecular weight is 341 g/mol. The van der Waals surface area contributed by atoms with E-state index >= 15 is 0 Å². The van der Waals surface area contributed by atoms with Gasteiger partial charge in [0, 0.05) is 18.3 Å². The summed E-state index contributed by atoms with van der Waals surface area (Å²) in [6, 6.07) is 7.71. The van der Waals surface area contributed by atoms with E-state index in [0.717, 1.165) is 42.5 Å². The van der Waals surface area contributed by atoms with Crippen molar-refractivity contribution >= 4 is 17.6 Å². The van der Waals surface area contributed by atoms with Crippen molar-refractivity contribution in [3.8, 4) is 0 Å². The molecular weight excluding hydrogens is 314 g/mol. The van der Waals surface area contributed by atoms with Gasteiger partial charge < -0.3 is 15.5 Å². The molecule has 2 aliphatic heterocycles. The van der Waals surface area contributed by atoms with Crippen LogP contribution in [0.25, 0.3) is 0 Å². The number of benzene rings is 1. The molecule has 134 valence electrons. The number of hydrogen-bond donors (Lipinski definition) is 2. The number of carbonyl (C=O) groups excluding carboxylic acids is 2. The highest BCUT2D eigenvalue weighted by Crippen LogP contribution is 2.47. The van der Waals surface area contributed by atoms with E-state index in [4.69, 9.17) is 0 Å². The van der Waals surface area contributed by atoms with Gasteiger partial charge in [-0.2, -0.15) is 0 Å². The van der Waals surface area contributed by atoms with Gasteiger partial charge in [0.25, 0.3) is 0 Å². The van der Waals surface area contributed by atoms with Crippen LogP contribution in [0.4, 0.5) is 10.5 Å². The summed E-state index contributed by atoms with van der Waals surface area (Å²) in [5, 5.41) is 5.52. The van der Waals surface area contributed by atoms with Crippen LogP contribution in [0.5, 0.6) is 0 Å². The molecule has 0 radical (unpaired) electrons. The Morgan fingerprint density at radius 3 is 2.52 bits per heavy atom. The molecule has 4 fully saturated rings. The van der Waals surface area contributed by atoms with Gasteiger partial charge >= 0.3 is 6.03 Å². The van der Waals surface area contributed by atoms with Crippen LogP contribution in [0.3, 0.4) is 0 Å². The van der Waals surface area contributed by atoms with E-state index in [0.29, 0.717) is 12.0 Å². The third-order valence-corrected chi connectivity index (χ3v) is 6.10. The maximum absolute atomic E-state index is 12.7. The number of nitrogens with one attached hydrogen (secondary N) is 2. The average Bonchev–Trinajstić information content (AvgIpc) is 2.76. The second-order valence-electron chi connectivity index (χ2n) is 8.15. The molecule has 2 saturated heterocycles. The van der Waals surface area contributed by atoms with Gasteiger partial charge in [-0.15, -0.1) is 0 Å². The highest BCUT2D eigenvalue weighted by atomic mass is 16.2. The number of rotatable bonds is 3. The van der Waals surface area contributed by atoms with E-state index in [-0.39, 0.29) is 18.5 Å². The van der Waals surface area contributed by atoms with Gasteiger partial charge in [-0.1, -0.05) is 12.1 Å². The number of urea groups is 1. The number of carbonyl (C=O) groups is 2. The lowest BCUT2D eigenvalue weighted by Gasteiger charge is -2.39. The van der Waals surface area contributed by atoms with Crippen LogP contribution < -0.4 is 10.6 Å². The van der Waals surface area contributed by atoms with E-state index in [9.17, 15) is 9.59 Å². The molecular formula is C20H27N3O2. The van der Waals surface area contributed by atoms with E-state index in [2.05, 4.69) is 15.5 Å². The summed E-state index contributed by atoms with van der Waals surface area (Å²) >= 11 is 0. The van der Waals surface area contributed by atoms with E-state index in [1.807, 2.05) is 31.2 Å². The SMILES string of the molecule is Cc1cccc(NC(=O)NCC(=O)N2CC3CC4CC(C3)CC2C4)c1. The van der Waals surface area contributed by atoms with Crippen molar-refractivity contribution in [1.82, 2.24) is 10.2 Å². The van der Waals surface area contributed by atoms with Crippen molar-refractivity contribution in [2.45, 2.75) is 45.1 Å². The predicted molar refractivity (Wildman–Crippen MR) is 97.3 cm³/mol. The molecule has 2 aliphatic carbocycles. The Bertz CT molecular complexity index is 661. The molecule has 1 aromatic rings. The summed E-state index contributed by atoms with van der Waals surface area (Å²) in [4.78, 5) is 26.8. The Balaban J connectivity index is 1.32. The third kappa shape index (κ3) is 3.65. The first-order valence-electron chi connectivity index (χ1n) is 9.48. The van der Waals surface area contributed by atoms with E-state index in [1.54, 1.807) is 0 Å². The molecule has 2 unspecified atom stereocenters. The molecule has 0 spiro atoms. The van der Waals surface area contributed by atoms with Crippen molar-refractivity contribution in [2.24, 2.45) is 17.8 Å². The topological polar surface area (TPSA) is 61.4 Å². The summed E-state index contributed by atoms with van der Waals surface area (Å²) in [5.41, 5.74) is 1.83. The summed E-state index contributed by atoms with van der Waals surface area (Å²) in [6.45, 7) is 2.95. The number of anilines is 1. The van der Waals surface area contributed by atoms with Crippen LogP contribution in [0.15, 0.2) is 24.3 Å². The van der Waals surface area contributed by atoms with Crippen molar-refractivity contribution in [2.75, 3.05) is 18.4 Å². The second kappa shape index (κ2) is 6.70. The molecule has 4 aliphatic rings. The Morgan fingerprint density at radius 2 is 1.80 bits per heavy atom. The molecule has 2 atom stereocenters. The van der Waals surface area contributed by atoms with Gasteiger partial charge in [0.15, 0.2) is 0 Å². The molecule has 5 heteroatoms. The van der Waals surface area contributed by atoms with Gasteiger partial charge in [-0.3, -0.25) is 4.79 Å². The van der Waals surface area contributed by atoms with Crippen LogP contribution >= 0.6 is 0 Å². The summed E-state index contributed by atoms with van der Waals surface area (Å²) < 4.78 is 0. The van der Waals surface area contributed by atoms with E-state index < -0.39 is 0 Å². The summed E-state index contributed by atoms with van der Waals surface area (Å²) in [7, 11) is 0. The number of fused-ring (bicyclic) bond motifs is 1. The Morgan fingerprint density at radius 1 is 1.08 bits per heavy atom. The summed E-state index contributed by atoms with van der Waals surface area (Å²) in [6.07, 6.45) is 6.27. The van der Waals surface area contributed by atoms with Gasteiger partial charge in [0.05, 0.1) is 6.54 Å². The van der Waals surface area contributed by atoms with Crippen LogP contribution in [0, 0.1) is 24.7 Å². The molecule has 25 heavy (non-hydrogen) atoms. The smallest absolute Gasteiger partial charge is 0.319 e. The lowest BCUT2D eigenvalue weighted by molar-refractivity contribution is -0.132. The number of amides is 3. The van der Waals surface area contributed by atoms with Gasteiger partial charge in [0.1, 0.15) is 0 Å². The van der Waals surface area contributed by atoms with Crippen molar-refractivity contribution < 1.29 is 9.59 Å². The monoisotopic (exact) mass is 341 g/mol. The Labute approximate surface area is 149 Å². The summed E-state index contributed by atoms with van der Waals surface area (Å²) in [5.74, 6) is 2.37. The predicted octanol–water partition coefficient (Wildman–Crippen LogP) is 3.15. The van der Waals surface area contributed by atoms with Crippen molar-refractivity contribution in [1.29, 1.82) is 0 Å². The lowest BCUT2D eigenvalue weighted by Crippen LogP contribution is -2.47. The number of nitrogens with zero attached hydrogens (tertiary/aromatic N) is 1. The molecule has 4 bridgehead atoms. The van der Waals surface area contributed by atoms with Gasteiger partial charge in [-0.05, 0) is 74.5 Å². The van der Waals surface area contributed by atoms with E-state index in [1.165, 1.54) is 19.3 Å². The fourth-order valence-corrected chi connectivity index (χ4v) is 5.25. The van der Waals surface area contributed by atoms with Gasteiger partial charge in [-0.25, -0.2) is 4.79 Å². The molecule has 2 heterocycles. The van der Waals surface area contributed by atoms with Crippen LogP contribution in [0.1, 0.15) is 37.7 Å². The maximum Gasteiger partial charge on any atom is 0.319 e. The van der Waals surface area contributed by atoms with Crippen LogP contribution in [-0.4, -0.2) is 36.0 Å². The van der Waals surface area contributed by atoms with Crippen LogP contribution in [0.2, 0.25) is 0 Å². The number of aryl methyl sites for hydroxylation is 1. The molecule has 5 nitrogen and oxygen atoms in total. The lowest BCUT2D eigenvalue weighted by atomic mass is 9.68. The second-order valence-corrected chi connectivity index (χ2v) is 8.15. The van der Waals surface area contributed by atoms with Gasteiger partial charge in [0.2, 0.25) is 5.91 Å². The molecule has 2 saturated carbocycles. The molecule has 1 aromatic carbocycles. The Kier molecular flexibility index (Phi) is 4.40. The zero-order chi connectivity index (χ0) is 17.4. The molecule has 5 rings (SSSR count). The first-order chi connectivity index (χ1) is 12.1. The minimum Gasteiger partial charge on any atom is -0.338 e. The molecule has 2 N–H and O–H groups in total. The quantitative estimate of drug-likeness (QED) is 0.887. The zero-order valence-electron chi connectivity index (χ0n) is 14.8. The van der Waals surface area contributed by atoms with Crippen molar-refractivity contribution in [3.05, 3.63) is 29.8 Å².